The van der Waals surface area contributed by atoms with E-state index < -0.39 is 10.2 Å². The smallest absolute Gasteiger partial charge is 0.279 e. The molecule has 8 heteroatoms. The highest BCUT2D eigenvalue weighted by atomic mass is 32.2. The second-order valence-electron chi connectivity index (χ2n) is 3.94. The zero-order valence-electron chi connectivity index (χ0n) is 10.1. The Morgan fingerprint density at radius 2 is 2.12 bits per heavy atom. The molecule has 17 heavy (non-hydrogen) atoms. The lowest BCUT2D eigenvalue weighted by atomic mass is 10.2. The van der Waals surface area contributed by atoms with Gasteiger partial charge in [-0.2, -0.15) is 17.4 Å². The first kappa shape index (κ1) is 14.8. The fourth-order valence-electron chi connectivity index (χ4n) is 1.70. The highest BCUT2D eigenvalue weighted by molar-refractivity contribution is 7.87. The predicted molar refractivity (Wildman–Crippen MR) is 63.9 cm³/mol. The van der Waals surface area contributed by atoms with Crippen LogP contribution < -0.4 is 10.0 Å². The van der Waals surface area contributed by atoms with Crippen molar-refractivity contribution < 1.29 is 18.3 Å². The van der Waals surface area contributed by atoms with Crippen LogP contribution in [0, 0.1) is 0 Å². The van der Waals surface area contributed by atoms with Crippen molar-refractivity contribution in [3.63, 3.8) is 0 Å². The molecule has 1 rings (SSSR count). The minimum atomic E-state index is -3.47. The average Bonchev–Trinajstić information content (AvgIpc) is 2.30. The van der Waals surface area contributed by atoms with Gasteiger partial charge in [0.05, 0.1) is 6.61 Å². The molecule has 0 aromatic carbocycles. The van der Waals surface area contributed by atoms with Gasteiger partial charge in [0.2, 0.25) is 0 Å². The van der Waals surface area contributed by atoms with Crippen LogP contribution in [0.2, 0.25) is 0 Å². The van der Waals surface area contributed by atoms with Crippen LogP contribution in [-0.4, -0.2) is 70.4 Å². The average molecular weight is 267 g/mol. The molecule has 7 nitrogen and oxygen atoms in total. The van der Waals surface area contributed by atoms with Gasteiger partial charge in [0, 0.05) is 45.9 Å². The van der Waals surface area contributed by atoms with Crippen LogP contribution in [0.1, 0.15) is 6.42 Å². The molecular weight excluding hydrogens is 246 g/mol. The van der Waals surface area contributed by atoms with E-state index in [1.54, 1.807) is 0 Å². The van der Waals surface area contributed by atoms with Crippen molar-refractivity contribution in [3.05, 3.63) is 0 Å². The van der Waals surface area contributed by atoms with Gasteiger partial charge in [-0.1, -0.05) is 0 Å². The number of hydrogen-bond acceptors (Lipinski definition) is 5. The Labute approximate surface area is 102 Å². The molecule has 1 fully saturated rings. The van der Waals surface area contributed by atoms with Crippen LogP contribution in [0.15, 0.2) is 0 Å². The summed E-state index contributed by atoms with van der Waals surface area (Å²) in [6, 6.07) is -0.384. The van der Waals surface area contributed by atoms with Gasteiger partial charge >= 0.3 is 0 Å². The van der Waals surface area contributed by atoms with Gasteiger partial charge in [-0.15, -0.1) is 0 Å². The summed E-state index contributed by atoms with van der Waals surface area (Å²) in [5, 5.41) is 11.9. The van der Waals surface area contributed by atoms with Crippen LogP contribution in [0.3, 0.4) is 0 Å². The molecule has 1 aliphatic rings. The predicted octanol–water partition coefficient (Wildman–Crippen LogP) is -1.88. The largest absolute Gasteiger partial charge is 0.396 e. The van der Waals surface area contributed by atoms with Gasteiger partial charge in [-0.05, 0) is 6.42 Å². The first-order valence-corrected chi connectivity index (χ1v) is 7.12. The van der Waals surface area contributed by atoms with Crippen LogP contribution in [-0.2, 0) is 14.9 Å². The summed E-state index contributed by atoms with van der Waals surface area (Å²) in [5.74, 6) is 0. The van der Waals surface area contributed by atoms with E-state index in [0.29, 0.717) is 32.6 Å². The number of methoxy groups -OCH3 is 1. The molecule has 1 unspecified atom stereocenters. The molecule has 1 aliphatic heterocycles. The van der Waals surface area contributed by atoms with E-state index in [1.165, 1.54) is 11.4 Å². The second kappa shape index (κ2) is 7.24. The molecule has 0 aliphatic carbocycles. The van der Waals surface area contributed by atoms with Crippen LogP contribution in [0.5, 0.6) is 0 Å². The first-order chi connectivity index (χ1) is 8.10. The topological polar surface area (TPSA) is 90.9 Å². The number of aliphatic hydroxyl groups excluding tert-OH is 1. The molecule has 0 aromatic heterocycles. The van der Waals surface area contributed by atoms with E-state index in [1.807, 2.05) is 0 Å². The number of rotatable bonds is 7. The lowest BCUT2D eigenvalue weighted by Crippen LogP contribution is -2.53. The summed E-state index contributed by atoms with van der Waals surface area (Å²) < 4.78 is 32.9. The minimum absolute atomic E-state index is 0.0713. The molecule has 0 saturated carbocycles. The third-order valence-electron chi connectivity index (χ3n) is 2.58. The van der Waals surface area contributed by atoms with Gasteiger partial charge in [0.25, 0.3) is 10.2 Å². The summed E-state index contributed by atoms with van der Waals surface area (Å²) >= 11 is 0. The number of nitrogens with zero attached hydrogens (tertiary/aromatic N) is 1. The number of nitrogens with one attached hydrogen (secondary N) is 2. The van der Waals surface area contributed by atoms with Crippen LogP contribution >= 0.6 is 0 Å². The Morgan fingerprint density at radius 3 is 2.65 bits per heavy atom. The normalized spacial score (nSPS) is 20.4. The SMILES string of the molecule is COCC(CCO)NS(=O)(=O)N1CCNCC1. The van der Waals surface area contributed by atoms with Crippen molar-refractivity contribution in [3.8, 4) is 0 Å². The van der Waals surface area contributed by atoms with Gasteiger partial charge in [-0.25, -0.2) is 0 Å². The van der Waals surface area contributed by atoms with E-state index in [9.17, 15) is 8.42 Å². The molecular formula is C9H21N3O4S. The molecule has 1 saturated heterocycles. The van der Waals surface area contributed by atoms with Crippen LogP contribution in [0.4, 0.5) is 0 Å². The number of hydrogen-bond donors (Lipinski definition) is 3. The maximum atomic E-state index is 12.0. The lowest BCUT2D eigenvalue weighted by Gasteiger charge is -2.28. The summed E-state index contributed by atoms with van der Waals surface area (Å²) in [5.41, 5.74) is 0. The van der Waals surface area contributed by atoms with Gasteiger partial charge in [-0.3, -0.25) is 0 Å². The van der Waals surface area contributed by atoms with Crippen molar-refractivity contribution in [2.75, 3.05) is 46.5 Å². The van der Waals surface area contributed by atoms with Crippen molar-refractivity contribution in [2.24, 2.45) is 0 Å². The van der Waals surface area contributed by atoms with Crippen molar-refractivity contribution in [1.29, 1.82) is 0 Å². The van der Waals surface area contributed by atoms with Crippen molar-refractivity contribution in [1.82, 2.24) is 14.3 Å². The molecule has 3 N–H and O–H groups in total. The third-order valence-corrected chi connectivity index (χ3v) is 4.25. The first-order valence-electron chi connectivity index (χ1n) is 5.68. The minimum Gasteiger partial charge on any atom is -0.396 e. The molecule has 1 heterocycles. The van der Waals surface area contributed by atoms with E-state index in [0.717, 1.165) is 0 Å². The second-order valence-corrected chi connectivity index (χ2v) is 5.64. The third kappa shape index (κ3) is 4.86. The Bertz CT molecular complexity index is 297. The molecule has 0 bridgehead atoms. The number of piperazine rings is 1. The summed E-state index contributed by atoms with van der Waals surface area (Å²) in [6.45, 7) is 2.44. The molecule has 102 valence electrons. The Morgan fingerprint density at radius 1 is 1.47 bits per heavy atom. The van der Waals surface area contributed by atoms with E-state index >= 15 is 0 Å². The Balaban J connectivity index is 2.55. The van der Waals surface area contributed by atoms with Crippen molar-refractivity contribution in [2.45, 2.75) is 12.5 Å². The molecule has 0 aromatic rings. The number of ether oxygens (including phenoxy) is 1. The monoisotopic (exact) mass is 267 g/mol. The van der Waals surface area contributed by atoms with E-state index in [2.05, 4.69) is 10.0 Å². The van der Waals surface area contributed by atoms with Gasteiger partial charge < -0.3 is 15.2 Å². The number of aliphatic hydroxyl groups is 1. The highest BCUT2D eigenvalue weighted by Gasteiger charge is 2.26. The van der Waals surface area contributed by atoms with E-state index in [4.69, 9.17) is 9.84 Å². The standard InChI is InChI=1S/C9H21N3O4S/c1-16-8-9(2-7-13)11-17(14,15)12-5-3-10-4-6-12/h9-11,13H,2-8H2,1H3. The molecule has 0 amide bonds. The highest BCUT2D eigenvalue weighted by Crippen LogP contribution is 2.03. The van der Waals surface area contributed by atoms with Gasteiger partial charge in [0.15, 0.2) is 0 Å². The molecule has 1 atom stereocenters. The summed E-state index contributed by atoms with van der Waals surface area (Å²) in [4.78, 5) is 0. The lowest BCUT2D eigenvalue weighted by molar-refractivity contribution is 0.156. The molecule has 0 spiro atoms. The Hall–Kier alpha value is -0.250. The zero-order valence-corrected chi connectivity index (χ0v) is 10.9. The summed E-state index contributed by atoms with van der Waals surface area (Å²) in [7, 11) is -1.97. The Kier molecular flexibility index (Phi) is 6.31. The van der Waals surface area contributed by atoms with E-state index in [-0.39, 0.29) is 19.3 Å². The quantitative estimate of drug-likeness (QED) is 0.502. The fraction of sp³-hybridized carbons (Fsp3) is 1.00. The molecule has 0 radical (unpaired) electrons. The maximum absolute atomic E-state index is 12.0. The van der Waals surface area contributed by atoms with Gasteiger partial charge in [0.1, 0.15) is 0 Å². The van der Waals surface area contributed by atoms with Crippen molar-refractivity contribution >= 4 is 10.2 Å². The van der Waals surface area contributed by atoms with Crippen LogP contribution in [0.25, 0.3) is 0 Å². The zero-order chi connectivity index (χ0) is 12.7. The fourth-order valence-corrected chi connectivity index (χ4v) is 3.12. The maximum Gasteiger partial charge on any atom is 0.279 e. The summed E-state index contributed by atoms with van der Waals surface area (Å²) in [6.07, 6.45) is 0.346.